The summed E-state index contributed by atoms with van der Waals surface area (Å²) in [4.78, 5) is 0. The van der Waals surface area contributed by atoms with Crippen molar-refractivity contribution in [3.63, 3.8) is 0 Å². The van der Waals surface area contributed by atoms with Gasteiger partial charge in [-0.3, -0.25) is 0 Å². The highest BCUT2D eigenvalue weighted by Gasteiger charge is 2.00. The van der Waals surface area contributed by atoms with Crippen molar-refractivity contribution in [3.05, 3.63) is 76.5 Å². The molecule has 0 fully saturated rings. The maximum Gasteiger partial charge on any atom is 0.119 e. The molecule has 0 saturated carbocycles. The number of aryl methyl sites for hydroxylation is 1. The molecule has 0 radical (unpaired) electrons. The van der Waals surface area contributed by atoms with Crippen LogP contribution in [0.5, 0.6) is 5.75 Å². The lowest BCUT2D eigenvalue weighted by Crippen LogP contribution is -1.97. The van der Waals surface area contributed by atoms with Gasteiger partial charge in [-0.2, -0.15) is 16.6 Å². The zero-order chi connectivity index (χ0) is 21.6. The summed E-state index contributed by atoms with van der Waals surface area (Å²) in [5, 5.41) is 13.3. The van der Waals surface area contributed by atoms with Crippen LogP contribution in [0.25, 0.3) is 11.1 Å². The first kappa shape index (κ1) is 23.1. The van der Waals surface area contributed by atoms with E-state index in [9.17, 15) is 0 Å². The molecule has 162 valence electrons. The van der Waals surface area contributed by atoms with Crippen molar-refractivity contribution in [2.75, 3.05) is 6.61 Å². The van der Waals surface area contributed by atoms with E-state index in [0.717, 1.165) is 29.9 Å². The number of nitrogens with zero attached hydrogens (tertiary/aromatic N) is 1. The highest BCUT2D eigenvalue weighted by Crippen LogP contribution is 2.23. The van der Waals surface area contributed by atoms with Crippen LogP contribution in [0.15, 0.2) is 65.4 Å². The number of hydrogen-bond acceptors (Lipinski definition) is 3. The SMILES string of the molecule is N#Cc1ccc(-c2ccc(OCCCCCCCCCCCc3ccsc3)cc2)cc1. The normalized spacial score (nSPS) is 10.7. The number of thiophene rings is 1. The number of benzene rings is 2. The minimum Gasteiger partial charge on any atom is -0.494 e. The van der Waals surface area contributed by atoms with Crippen LogP contribution in [0, 0.1) is 11.3 Å². The van der Waals surface area contributed by atoms with Crippen LogP contribution in [0.4, 0.5) is 0 Å². The third kappa shape index (κ3) is 8.59. The van der Waals surface area contributed by atoms with Crippen molar-refractivity contribution in [1.82, 2.24) is 0 Å². The molecule has 0 bridgehead atoms. The first-order valence-corrected chi connectivity index (χ1v) is 12.5. The number of rotatable bonds is 14. The van der Waals surface area contributed by atoms with Crippen LogP contribution >= 0.6 is 11.3 Å². The number of nitriles is 1. The van der Waals surface area contributed by atoms with Gasteiger partial charge in [-0.25, -0.2) is 0 Å². The topological polar surface area (TPSA) is 33.0 Å². The van der Waals surface area contributed by atoms with Crippen LogP contribution in [-0.4, -0.2) is 6.61 Å². The monoisotopic (exact) mass is 431 g/mol. The Morgan fingerprint density at radius 3 is 1.84 bits per heavy atom. The molecule has 0 aliphatic rings. The molecule has 2 aromatic carbocycles. The van der Waals surface area contributed by atoms with Crippen LogP contribution in [0.1, 0.15) is 68.9 Å². The fourth-order valence-electron chi connectivity index (χ4n) is 3.77. The quantitative estimate of drug-likeness (QED) is 0.240. The predicted octanol–water partition coefficient (Wildman–Crippen LogP) is 8.42. The molecule has 3 rings (SSSR count). The largest absolute Gasteiger partial charge is 0.494 e. The zero-order valence-electron chi connectivity index (χ0n) is 18.4. The average Bonchev–Trinajstić information content (AvgIpc) is 3.34. The summed E-state index contributed by atoms with van der Waals surface area (Å²) in [5.74, 6) is 0.930. The van der Waals surface area contributed by atoms with E-state index in [1.54, 1.807) is 11.3 Å². The smallest absolute Gasteiger partial charge is 0.119 e. The standard InChI is InChI=1S/C28H33NOS/c29-22-24-11-13-26(14-12-24)27-15-17-28(18-16-27)30-20-9-7-5-3-1-2-4-6-8-10-25-19-21-31-23-25/h11-19,21,23H,1-10,20H2. The zero-order valence-corrected chi connectivity index (χ0v) is 19.2. The number of ether oxygens (including phenoxy) is 1. The Bertz CT molecular complexity index is 892. The van der Waals surface area contributed by atoms with Crippen molar-refractivity contribution in [1.29, 1.82) is 5.26 Å². The summed E-state index contributed by atoms with van der Waals surface area (Å²) < 4.78 is 5.89. The highest BCUT2D eigenvalue weighted by molar-refractivity contribution is 7.07. The molecular formula is C28H33NOS. The first-order valence-electron chi connectivity index (χ1n) is 11.6. The van der Waals surface area contributed by atoms with E-state index in [1.165, 1.54) is 63.4 Å². The molecule has 0 N–H and O–H groups in total. The van der Waals surface area contributed by atoms with Gasteiger partial charge in [-0.15, -0.1) is 0 Å². The second-order valence-electron chi connectivity index (χ2n) is 8.13. The Labute approximate surface area is 191 Å². The van der Waals surface area contributed by atoms with E-state index in [4.69, 9.17) is 10.00 Å². The van der Waals surface area contributed by atoms with Crippen LogP contribution < -0.4 is 4.74 Å². The lowest BCUT2D eigenvalue weighted by Gasteiger charge is -2.08. The third-order valence-electron chi connectivity index (χ3n) is 5.66. The van der Waals surface area contributed by atoms with Gasteiger partial charge in [-0.1, -0.05) is 69.2 Å². The van der Waals surface area contributed by atoms with Gasteiger partial charge >= 0.3 is 0 Å². The van der Waals surface area contributed by atoms with Gasteiger partial charge < -0.3 is 4.74 Å². The molecule has 0 atom stereocenters. The lowest BCUT2D eigenvalue weighted by atomic mass is 10.0. The molecule has 3 heteroatoms. The summed E-state index contributed by atoms with van der Waals surface area (Å²) in [6, 6.07) is 20.3. The summed E-state index contributed by atoms with van der Waals surface area (Å²) >= 11 is 1.80. The summed E-state index contributed by atoms with van der Waals surface area (Å²) in [6.45, 7) is 0.790. The Balaban J connectivity index is 1.18. The molecule has 0 unspecified atom stereocenters. The van der Waals surface area contributed by atoms with Crippen molar-refractivity contribution in [2.45, 2.75) is 64.2 Å². The molecule has 0 saturated heterocycles. The molecule has 0 amide bonds. The maximum absolute atomic E-state index is 8.90. The Morgan fingerprint density at radius 1 is 0.677 bits per heavy atom. The molecule has 1 heterocycles. The minimum atomic E-state index is 0.688. The molecular weight excluding hydrogens is 398 g/mol. The highest BCUT2D eigenvalue weighted by atomic mass is 32.1. The summed E-state index contributed by atoms with van der Waals surface area (Å²) in [5.41, 5.74) is 4.46. The maximum atomic E-state index is 8.90. The second-order valence-corrected chi connectivity index (χ2v) is 8.91. The predicted molar refractivity (Wildman–Crippen MR) is 132 cm³/mol. The van der Waals surface area contributed by atoms with E-state index >= 15 is 0 Å². The lowest BCUT2D eigenvalue weighted by molar-refractivity contribution is 0.304. The molecule has 0 aliphatic carbocycles. The van der Waals surface area contributed by atoms with E-state index in [2.05, 4.69) is 35.0 Å². The summed E-state index contributed by atoms with van der Waals surface area (Å²) in [7, 11) is 0. The molecule has 0 spiro atoms. The fourth-order valence-corrected chi connectivity index (χ4v) is 4.48. The van der Waals surface area contributed by atoms with E-state index < -0.39 is 0 Å². The van der Waals surface area contributed by atoms with Crippen LogP contribution in [-0.2, 0) is 6.42 Å². The first-order chi connectivity index (χ1) is 15.3. The van der Waals surface area contributed by atoms with Crippen molar-refractivity contribution >= 4 is 11.3 Å². The molecule has 2 nitrogen and oxygen atoms in total. The van der Waals surface area contributed by atoms with Gasteiger partial charge in [0.2, 0.25) is 0 Å². The van der Waals surface area contributed by atoms with Crippen LogP contribution in [0.2, 0.25) is 0 Å². The number of unbranched alkanes of at least 4 members (excludes halogenated alkanes) is 8. The van der Waals surface area contributed by atoms with Gasteiger partial charge in [0, 0.05) is 0 Å². The van der Waals surface area contributed by atoms with Gasteiger partial charge in [-0.05, 0) is 77.0 Å². The Kier molecular flexibility index (Phi) is 10.2. The van der Waals surface area contributed by atoms with Crippen molar-refractivity contribution in [3.8, 4) is 22.9 Å². The van der Waals surface area contributed by atoms with E-state index in [-0.39, 0.29) is 0 Å². The summed E-state index contributed by atoms with van der Waals surface area (Å²) in [6.07, 6.45) is 13.1. The van der Waals surface area contributed by atoms with Gasteiger partial charge in [0.1, 0.15) is 5.75 Å². The van der Waals surface area contributed by atoms with Crippen molar-refractivity contribution in [2.24, 2.45) is 0 Å². The molecule has 3 aromatic rings. The molecule has 1 aromatic heterocycles. The Hall–Kier alpha value is -2.57. The number of hydrogen-bond donors (Lipinski definition) is 0. The second kappa shape index (κ2) is 13.7. The molecule has 31 heavy (non-hydrogen) atoms. The minimum absolute atomic E-state index is 0.688. The van der Waals surface area contributed by atoms with Crippen molar-refractivity contribution < 1.29 is 4.74 Å². The van der Waals surface area contributed by atoms with Gasteiger partial charge in [0.25, 0.3) is 0 Å². The van der Waals surface area contributed by atoms with Crippen LogP contribution in [0.3, 0.4) is 0 Å². The van der Waals surface area contributed by atoms with Gasteiger partial charge in [0.15, 0.2) is 0 Å². The van der Waals surface area contributed by atoms with E-state index in [1.807, 2.05) is 36.4 Å². The third-order valence-corrected chi connectivity index (χ3v) is 6.39. The van der Waals surface area contributed by atoms with E-state index in [0.29, 0.717) is 5.56 Å². The molecule has 0 aliphatic heterocycles. The fraction of sp³-hybridized carbons (Fsp3) is 0.393. The average molecular weight is 432 g/mol. The Morgan fingerprint density at radius 2 is 1.26 bits per heavy atom. The van der Waals surface area contributed by atoms with Gasteiger partial charge in [0.05, 0.1) is 18.2 Å².